The highest BCUT2D eigenvalue weighted by Gasteiger charge is 2.22. The quantitative estimate of drug-likeness (QED) is 0.933. The third kappa shape index (κ3) is 2.51. The molecular weight excluding hydrogens is 261 g/mol. The van der Waals surface area contributed by atoms with Gasteiger partial charge >= 0.3 is 0 Å². The van der Waals surface area contributed by atoms with Gasteiger partial charge in [0.15, 0.2) is 11.6 Å². The van der Waals surface area contributed by atoms with E-state index in [0.29, 0.717) is 23.2 Å². The standard InChI is InChI=1S/C14H16FN3O2/c1-19-12-3-2-10(8-11(12)15)13-17-14(20-18-13)9-4-6-16-7-5-9/h2-3,8-9,16H,4-7H2,1H3. The molecule has 20 heavy (non-hydrogen) atoms. The first kappa shape index (κ1) is 13.1. The summed E-state index contributed by atoms with van der Waals surface area (Å²) in [6.07, 6.45) is 1.97. The molecule has 1 aliphatic rings. The van der Waals surface area contributed by atoms with Crippen LogP contribution in [0.25, 0.3) is 11.4 Å². The van der Waals surface area contributed by atoms with Gasteiger partial charge in [-0.25, -0.2) is 4.39 Å². The lowest BCUT2D eigenvalue weighted by atomic mass is 9.98. The van der Waals surface area contributed by atoms with E-state index in [1.165, 1.54) is 13.2 Å². The number of benzene rings is 1. The summed E-state index contributed by atoms with van der Waals surface area (Å²) in [5, 5.41) is 7.23. The molecule has 5 nitrogen and oxygen atoms in total. The number of halogens is 1. The van der Waals surface area contributed by atoms with Crippen molar-refractivity contribution in [3.63, 3.8) is 0 Å². The van der Waals surface area contributed by atoms with Gasteiger partial charge in [-0.3, -0.25) is 0 Å². The van der Waals surface area contributed by atoms with Crippen molar-refractivity contribution in [2.24, 2.45) is 0 Å². The van der Waals surface area contributed by atoms with Crippen LogP contribution < -0.4 is 10.1 Å². The van der Waals surface area contributed by atoms with Crippen molar-refractivity contribution in [1.82, 2.24) is 15.5 Å². The molecule has 0 spiro atoms. The fraction of sp³-hybridized carbons (Fsp3) is 0.429. The number of aromatic nitrogens is 2. The smallest absolute Gasteiger partial charge is 0.230 e. The Morgan fingerprint density at radius 2 is 2.15 bits per heavy atom. The van der Waals surface area contributed by atoms with Gasteiger partial charge in [0, 0.05) is 11.5 Å². The van der Waals surface area contributed by atoms with E-state index in [0.717, 1.165) is 25.9 Å². The van der Waals surface area contributed by atoms with Gasteiger partial charge < -0.3 is 14.6 Å². The van der Waals surface area contributed by atoms with Crippen molar-refractivity contribution in [2.45, 2.75) is 18.8 Å². The van der Waals surface area contributed by atoms with Gasteiger partial charge in [-0.05, 0) is 44.1 Å². The molecule has 2 aromatic rings. The fourth-order valence-electron chi connectivity index (χ4n) is 2.39. The topological polar surface area (TPSA) is 60.2 Å². The number of piperidine rings is 1. The average Bonchev–Trinajstić information content (AvgIpc) is 2.98. The third-order valence-corrected chi connectivity index (χ3v) is 3.54. The van der Waals surface area contributed by atoms with Crippen LogP contribution >= 0.6 is 0 Å². The van der Waals surface area contributed by atoms with Gasteiger partial charge in [0.1, 0.15) is 0 Å². The van der Waals surface area contributed by atoms with Crippen molar-refractivity contribution >= 4 is 0 Å². The van der Waals surface area contributed by atoms with Crippen molar-refractivity contribution < 1.29 is 13.7 Å². The largest absolute Gasteiger partial charge is 0.494 e. The van der Waals surface area contributed by atoms with E-state index in [-0.39, 0.29) is 5.75 Å². The number of methoxy groups -OCH3 is 1. The maximum absolute atomic E-state index is 13.7. The zero-order valence-corrected chi connectivity index (χ0v) is 11.2. The third-order valence-electron chi connectivity index (χ3n) is 3.54. The maximum Gasteiger partial charge on any atom is 0.230 e. The van der Waals surface area contributed by atoms with Gasteiger partial charge in [0.05, 0.1) is 7.11 Å². The van der Waals surface area contributed by atoms with Crippen LogP contribution in [-0.2, 0) is 0 Å². The zero-order chi connectivity index (χ0) is 13.9. The highest BCUT2D eigenvalue weighted by molar-refractivity contribution is 5.56. The van der Waals surface area contributed by atoms with Crippen molar-refractivity contribution in [1.29, 1.82) is 0 Å². The van der Waals surface area contributed by atoms with E-state index < -0.39 is 5.82 Å². The Bertz CT molecular complexity index is 594. The van der Waals surface area contributed by atoms with Crippen LogP contribution in [0.1, 0.15) is 24.7 Å². The summed E-state index contributed by atoms with van der Waals surface area (Å²) in [7, 11) is 1.43. The summed E-state index contributed by atoms with van der Waals surface area (Å²) in [4.78, 5) is 4.39. The molecule has 1 fully saturated rings. The predicted molar refractivity (Wildman–Crippen MR) is 71.1 cm³/mol. The molecule has 1 aromatic carbocycles. The minimum Gasteiger partial charge on any atom is -0.494 e. The van der Waals surface area contributed by atoms with E-state index in [1.807, 2.05) is 0 Å². The normalized spacial score (nSPS) is 16.3. The van der Waals surface area contributed by atoms with Crippen LogP contribution in [0.3, 0.4) is 0 Å². The molecule has 106 valence electrons. The number of nitrogens with zero attached hydrogens (tertiary/aromatic N) is 2. The van der Waals surface area contributed by atoms with Gasteiger partial charge in [-0.15, -0.1) is 0 Å². The molecule has 0 aliphatic carbocycles. The Labute approximate surface area is 116 Å². The van der Waals surface area contributed by atoms with Crippen molar-refractivity contribution in [3.8, 4) is 17.1 Å². The van der Waals surface area contributed by atoms with Gasteiger partial charge in [-0.1, -0.05) is 5.16 Å². The summed E-state index contributed by atoms with van der Waals surface area (Å²) in [5.41, 5.74) is 0.590. The Morgan fingerprint density at radius 3 is 2.85 bits per heavy atom. The van der Waals surface area contributed by atoms with Crippen LogP contribution in [0.2, 0.25) is 0 Å². The molecule has 0 amide bonds. The Morgan fingerprint density at radius 1 is 1.35 bits per heavy atom. The number of hydrogen-bond acceptors (Lipinski definition) is 5. The van der Waals surface area contributed by atoms with Gasteiger partial charge in [0.25, 0.3) is 0 Å². The average molecular weight is 277 g/mol. The molecule has 1 aliphatic heterocycles. The molecule has 0 bridgehead atoms. The van der Waals surface area contributed by atoms with Gasteiger partial charge in [0.2, 0.25) is 11.7 Å². The minimum atomic E-state index is -0.432. The van der Waals surface area contributed by atoms with Crippen LogP contribution in [0, 0.1) is 5.82 Å². The maximum atomic E-state index is 13.7. The van der Waals surface area contributed by atoms with Crippen LogP contribution in [0.5, 0.6) is 5.75 Å². The molecule has 3 rings (SSSR count). The molecule has 1 aromatic heterocycles. The van der Waals surface area contributed by atoms with Crippen molar-refractivity contribution in [2.75, 3.05) is 20.2 Å². The lowest BCUT2D eigenvalue weighted by molar-refractivity contribution is 0.320. The summed E-state index contributed by atoms with van der Waals surface area (Å²) in [5.74, 6) is 1.12. The van der Waals surface area contributed by atoms with E-state index >= 15 is 0 Å². The molecule has 6 heteroatoms. The second kappa shape index (κ2) is 5.58. The predicted octanol–water partition coefficient (Wildman–Crippen LogP) is 2.35. The van der Waals surface area contributed by atoms with E-state index in [4.69, 9.17) is 9.26 Å². The summed E-state index contributed by atoms with van der Waals surface area (Å²) < 4.78 is 23.9. The Kier molecular flexibility index (Phi) is 3.64. The van der Waals surface area contributed by atoms with Crippen LogP contribution in [0.15, 0.2) is 22.7 Å². The molecule has 0 atom stereocenters. The summed E-state index contributed by atoms with van der Waals surface area (Å²) in [6.45, 7) is 1.92. The number of rotatable bonds is 3. The van der Waals surface area contributed by atoms with Crippen LogP contribution in [0.4, 0.5) is 4.39 Å². The summed E-state index contributed by atoms with van der Waals surface area (Å²) >= 11 is 0. The van der Waals surface area contributed by atoms with Crippen LogP contribution in [-0.4, -0.2) is 30.3 Å². The molecule has 1 saturated heterocycles. The van der Waals surface area contributed by atoms with E-state index in [1.54, 1.807) is 12.1 Å². The molecular formula is C14H16FN3O2. The van der Waals surface area contributed by atoms with E-state index in [9.17, 15) is 4.39 Å². The highest BCUT2D eigenvalue weighted by Crippen LogP contribution is 2.27. The lowest BCUT2D eigenvalue weighted by Gasteiger charge is -2.18. The molecule has 0 saturated carbocycles. The fourth-order valence-corrected chi connectivity index (χ4v) is 2.39. The minimum absolute atomic E-state index is 0.204. The first-order valence-corrected chi connectivity index (χ1v) is 6.66. The molecule has 2 heterocycles. The Balaban J connectivity index is 1.84. The first-order chi connectivity index (χ1) is 9.78. The van der Waals surface area contributed by atoms with E-state index in [2.05, 4.69) is 15.5 Å². The molecule has 0 unspecified atom stereocenters. The number of hydrogen-bond donors (Lipinski definition) is 1. The monoisotopic (exact) mass is 277 g/mol. The molecule has 1 N–H and O–H groups in total. The van der Waals surface area contributed by atoms with Gasteiger partial charge in [-0.2, -0.15) is 4.98 Å². The lowest BCUT2D eigenvalue weighted by Crippen LogP contribution is -2.26. The number of ether oxygens (including phenoxy) is 1. The second-order valence-electron chi connectivity index (χ2n) is 4.83. The first-order valence-electron chi connectivity index (χ1n) is 6.66. The second-order valence-corrected chi connectivity index (χ2v) is 4.83. The van der Waals surface area contributed by atoms with Crippen molar-refractivity contribution in [3.05, 3.63) is 29.9 Å². The number of nitrogens with one attached hydrogen (secondary N) is 1. The molecule has 0 radical (unpaired) electrons. The Hall–Kier alpha value is -1.95. The highest BCUT2D eigenvalue weighted by atomic mass is 19.1. The zero-order valence-electron chi connectivity index (χ0n) is 11.2. The summed E-state index contributed by atoms with van der Waals surface area (Å²) in [6, 6.07) is 4.64. The SMILES string of the molecule is COc1ccc(-c2noc(C3CCNCC3)n2)cc1F.